The summed E-state index contributed by atoms with van der Waals surface area (Å²) in [5.74, 6) is -0.584. The number of hydrogen-bond donors (Lipinski definition) is 0. The fourth-order valence-corrected chi connectivity index (χ4v) is 3.75. The van der Waals surface area contributed by atoms with Crippen molar-refractivity contribution in [2.24, 2.45) is 0 Å². The molecular formula is C23H28FN3O2. The first kappa shape index (κ1) is 20.8. The molecule has 6 heteroatoms. The molecule has 0 atom stereocenters. The number of benzene rings is 2. The number of carbonyl (C=O) groups is 2. The van der Waals surface area contributed by atoms with Crippen LogP contribution in [0.1, 0.15) is 24.5 Å². The zero-order valence-electron chi connectivity index (χ0n) is 17.3. The third-order valence-corrected chi connectivity index (χ3v) is 5.60. The van der Waals surface area contributed by atoms with Gasteiger partial charge < -0.3 is 14.7 Å². The van der Waals surface area contributed by atoms with Crippen LogP contribution in [0, 0.1) is 19.7 Å². The van der Waals surface area contributed by atoms with Gasteiger partial charge in [0.2, 0.25) is 11.8 Å². The van der Waals surface area contributed by atoms with E-state index in [1.807, 2.05) is 4.90 Å². The number of aryl methyl sites for hydroxylation is 1. The third kappa shape index (κ3) is 4.94. The predicted molar refractivity (Wildman–Crippen MR) is 114 cm³/mol. The van der Waals surface area contributed by atoms with Crippen molar-refractivity contribution in [2.75, 3.05) is 42.5 Å². The monoisotopic (exact) mass is 397 g/mol. The van der Waals surface area contributed by atoms with E-state index in [0.29, 0.717) is 18.8 Å². The van der Waals surface area contributed by atoms with Crippen LogP contribution in [0.4, 0.5) is 15.8 Å². The molecule has 2 aromatic carbocycles. The first-order chi connectivity index (χ1) is 13.9. The molecule has 0 spiro atoms. The van der Waals surface area contributed by atoms with E-state index in [0.717, 1.165) is 13.1 Å². The van der Waals surface area contributed by atoms with E-state index in [-0.39, 0.29) is 24.8 Å². The first-order valence-corrected chi connectivity index (χ1v) is 9.99. The number of rotatable bonds is 5. The molecule has 154 valence electrons. The zero-order chi connectivity index (χ0) is 21.0. The summed E-state index contributed by atoms with van der Waals surface area (Å²) < 4.78 is 13.5. The number of halogens is 1. The van der Waals surface area contributed by atoms with E-state index in [9.17, 15) is 14.0 Å². The maximum atomic E-state index is 13.5. The molecule has 3 rings (SSSR count). The van der Waals surface area contributed by atoms with Crippen molar-refractivity contribution >= 4 is 23.2 Å². The summed E-state index contributed by atoms with van der Waals surface area (Å²) in [5.41, 5.74) is 4.25. The lowest BCUT2D eigenvalue weighted by Gasteiger charge is -2.37. The van der Waals surface area contributed by atoms with Crippen molar-refractivity contribution in [1.29, 1.82) is 0 Å². The minimum Gasteiger partial charge on any atom is -0.368 e. The minimum absolute atomic E-state index is 0.0215. The molecule has 2 aromatic rings. The molecule has 0 radical (unpaired) electrons. The molecule has 0 saturated carbocycles. The number of hydrogen-bond acceptors (Lipinski definition) is 3. The Morgan fingerprint density at radius 1 is 1.03 bits per heavy atom. The maximum absolute atomic E-state index is 13.5. The van der Waals surface area contributed by atoms with Crippen LogP contribution in [0.2, 0.25) is 0 Å². The minimum atomic E-state index is -0.400. The van der Waals surface area contributed by atoms with Gasteiger partial charge in [0.1, 0.15) is 5.82 Å². The summed E-state index contributed by atoms with van der Waals surface area (Å²) >= 11 is 0. The summed E-state index contributed by atoms with van der Waals surface area (Å²) in [4.78, 5) is 30.3. The van der Waals surface area contributed by atoms with Crippen LogP contribution in [0.3, 0.4) is 0 Å². The van der Waals surface area contributed by atoms with E-state index in [1.54, 1.807) is 12.1 Å². The Kier molecular flexibility index (Phi) is 6.52. The number of anilines is 2. The van der Waals surface area contributed by atoms with Crippen molar-refractivity contribution in [3.8, 4) is 0 Å². The van der Waals surface area contributed by atoms with Crippen molar-refractivity contribution in [3.05, 3.63) is 59.4 Å². The average molecular weight is 397 g/mol. The SMILES string of the molecule is CC(=O)N(CCC(=O)N1CCN(c2cccc(C)c2C)CC1)c1cccc(F)c1. The van der Waals surface area contributed by atoms with Crippen molar-refractivity contribution in [3.63, 3.8) is 0 Å². The van der Waals surface area contributed by atoms with Gasteiger partial charge in [-0.15, -0.1) is 0 Å². The molecule has 29 heavy (non-hydrogen) atoms. The van der Waals surface area contributed by atoms with Gasteiger partial charge in [-0.05, 0) is 49.2 Å². The molecule has 5 nitrogen and oxygen atoms in total. The summed E-state index contributed by atoms with van der Waals surface area (Å²) in [6.07, 6.45) is 0.222. The fraction of sp³-hybridized carbons (Fsp3) is 0.391. The molecule has 1 aliphatic rings. The predicted octanol–water partition coefficient (Wildman–Crippen LogP) is 3.53. The zero-order valence-corrected chi connectivity index (χ0v) is 17.3. The van der Waals surface area contributed by atoms with Gasteiger partial charge in [0, 0.05) is 57.4 Å². The quantitative estimate of drug-likeness (QED) is 0.775. The number of amides is 2. The summed E-state index contributed by atoms with van der Waals surface area (Å²) in [6.45, 7) is 8.81. The molecule has 1 heterocycles. The first-order valence-electron chi connectivity index (χ1n) is 9.99. The fourth-order valence-electron chi connectivity index (χ4n) is 3.75. The standard InChI is InChI=1S/C23H28FN3O2/c1-17-6-4-9-22(18(17)2)25-12-14-26(15-13-25)23(29)10-11-27(19(3)28)21-8-5-7-20(24)16-21/h4-9,16H,10-15H2,1-3H3. The Labute approximate surface area is 171 Å². The summed E-state index contributed by atoms with van der Waals surface area (Å²) in [6, 6.07) is 12.2. The molecule has 0 aromatic heterocycles. The van der Waals surface area contributed by atoms with Crippen LogP contribution in [0.15, 0.2) is 42.5 Å². The lowest BCUT2D eigenvalue weighted by molar-refractivity contribution is -0.131. The summed E-state index contributed by atoms with van der Waals surface area (Å²) in [7, 11) is 0. The Morgan fingerprint density at radius 3 is 2.38 bits per heavy atom. The van der Waals surface area contributed by atoms with Crippen LogP contribution in [-0.4, -0.2) is 49.4 Å². The van der Waals surface area contributed by atoms with Crippen molar-refractivity contribution in [1.82, 2.24) is 4.90 Å². The third-order valence-electron chi connectivity index (χ3n) is 5.60. The molecule has 0 N–H and O–H groups in total. The van der Waals surface area contributed by atoms with Crippen LogP contribution >= 0.6 is 0 Å². The number of carbonyl (C=O) groups excluding carboxylic acids is 2. The smallest absolute Gasteiger partial charge is 0.224 e. The van der Waals surface area contributed by atoms with Gasteiger partial charge in [0.25, 0.3) is 0 Å². The highest BCUT2D eigenvalue weighted by atomic mass is 19.1. The van der Waals surface area contributed by atoms with Crippen molar-refractivity contribution < 1.29 is 14.0 Å². The molecule has 1 saturated heterocycles. The Morgan fingerprint density at radius 2 is 1.72 bits per heavy atom. The molecule has 0 bridgehead atoms. The topological polar surface area (TPSA) is 43.9 Å². The van der Waals surface area contributed by atoms with Gasteiger partial charge in [-0.1, -0.05) is 18.2 Å². The normalized spacial score (nSPS) is 14.1. The molecule has 1 fully saturated rings. The highest BCUT2D eigenvalue weighted by Gasteiger charge is 2.23. The van der Waals surface area contributed by atoms with Crippen LogP contribution in [-0.2, 0) is 9.59 Å². The van der Waals surface area contributed by atoms with E-state index in [1.165, 1.54) is 40.8 Å². The lowest BCUT2D eigenvalue weighted by atomic mass is 10.1. The average Bonchev–Trinajstić information content (AvgIpc) is 2.70. The molecule has 1 aliphatic heterocycles. The Balaban J connectivity index is 1.56. The van der Waals surface area contributed by atoms with Gasteiger partial charge in [0.05, 0.1) is 0 Å². The highest BCUT2D eigenvalue weighted by molar-refractivity contribution is 5.92. The second-order valence-corrected chi connectivity index (χ2v) is 7.49. The van der Waals surface area contributed by atoms with Crippen molar-refractivity contribution in [2.45, 2.75) is 27.2 Å². The van der Waals surface area contributed by atoms with Crippen LogP contribution < -0.4 is 9.80 Å². The van der Waals surface area contributed by atoms with E-state index in [4.69, 9.17) is 0 Å². The highest BCUT2D eigenvalue weighted by Crippen LogP contribution is 2.24. The second-order valence-electron chi connectivity index (χ2n) is 7.49. The number of nitrogens with zero attached hydrogens (tertiary/aromatic N) is 3. The Bertz CT molecular complexity index is 891. The number of piperazine rings is 1. The van der Waals surface area contributed by atoms with Gasteiger partial charge >= 0.3 is 0 Å². The largest absolute Gasteiger partial charge is 0.368 e. The molecular weight excluding hydrogens is 369 g/mol. The van der Waals surface area contributed by atoms with E-state index in [2.05, 4.69) is 36.9 Å². The summed E-state index contributed by atoms with van der Waals surface area (Å²) in [5, 5.41) is 0. The van der Waals surface area contributed by atoms with Gasteiger partial charge in [-0.3, -0.25) is 9.59 Å². The maximum Gasteiger partial charge on any atom is 0.224 e. The molecule has 0 aliphatic carbocycles. The van der Waals surface area contributed by atoms with Crippen LogP contribution in [0.25, 0.3) is 0 Å². The van der Waals surface area contributed by atoms with Gasteiger partial charge in [-0.25, -0.2) is 4.39 Å². The van der Waals surface area contributed by atoms with Crippen LogP contribution in [0.5, 0.6) is 0 Å². The second kappa shape index (κ2) is 9.07. The van der Waals surface area contributed by atoms with Gasteiger partial charge in [-0.2, -0.15) is 0 Å². The van der Waals surface area contributed by atoms with Gasteiger partial charge in [0.15, 0.2) is 0 Å². The molecule has 0 unspecified atom stereocenters. The molecule has 2 amide bonds. The Hall–Kier alpha value is -2.89. The van der Waals surface area contributed by atoms with E-state index >= 15 is 0 Å². The lowest BCUT2D eigenvalue weighted by Crippen LogP contribution is -2.49. The van der Waals surface area contributed by atoms with E-state index < -0.39 is 5.82 Å².